The number of aromatic nitrogens is 4. The Morgan fingerprint density at radius 3 is 3.06 bits per heavy atom. The highest BCUT2D eigenvalue weighted by Gasteiger charge is 2.16. The molecule has 0 unspecified atom stereocenters. The summed E-state index contributed by atoms with van der Waals surface area (Å²) in [5, 5.41) is 4.89. The standard InChI is InChI=1S/C10H13N5OS/c11-9-12-5-7(17-9)6-15-10(16)14-4-2-1-3-8(14)13-15/h5H,1-4,6H2,(H2,11,12). The molecular weight excluding hydrogens is 238 g/mol. The SMILES string of the molecule is Nc1ncc(Cn2nc3n(c2=O)CCCC3)s1. The maximum absolute atomic E-state index is 12.0. The lowest BCUT2D eigenvalue weighted by atomic mass is 10.2. The summed E-state index contributed by atoms with van der Waals surface area (Å²) < 4.78 is 3.28. The van der Waals surface area contributed by atoms with Crippen molar-refractivity contribution in [3.8, 4) is 0 Å². The summed E-state index contributed by atoms with van der Waals surface area (Å²) >= 11 is 1.39. The third-order valence-electron chi connectivity index (χ3n) is 2.91. The summed E-state index contributed by atoms with van der Waals surface area (Å²) in [4.78, 5) is 17.0. The van der Waals surface area contributed by atoms with Gasteiger partial charge in [-0.05, 0) is 12.8 Å². The Hall–Kier alpha value is -1.63. The minimum atomic E-state index is -0.0216. The normalized spacial score (nSPS) is 14.8. The van der Waals surface area contributed by atoms with Gasteiger partial charge in [0, 0.05) is 24.0 Å². The van der Waals surface area contributed by atoms with Crippen LogP contribution in [-0.2, 0) is 19.5 Å². The molecule has 0 bridgehead atoms. The van der Waals surface area contributed by atoms with E-state index >= 15 is 0 Å². The van der Waals surface area contributed by atoms with Crippen LogP contribution in [0.2, 0.25) is 0 Å². The Morgan fingerprint density at radius 1 is 1.47 bits per heavy atom. The molecule has 0 saturated carbocycles. The van der Waals surface area contributed by atoms with E-state index in [9.17, 15) is 4.79 Å². The first-order valence-corrected chi connectivity index (χ1v) is 6.42. The van der Waals surface area contributed by atoms with Crippen LogP contribution in [0.5, 0.6) is 0 Å². The van der Waals surface area contributed by atoms with E-state index in [1.54, 1.807) is 10.8 Å². The number of aryl methyl sites for hydroxylation is 1. The summed E-state index contributed by atoms with van der Waals surface area (Å²) in [7, 11) is 0. The number of hydrogen-bond acceptors (Lipinski definition) is 5. The Labute approximate surface area is 102 Å². The zero-order valence-corrected chi connectivity index (χ0v) is 10.1. The predicted octanol–water partition coefficient (Wildman–Crippen LogP) is 0.468. The monoisotopic (exact) mass is 251 g/mol. The van der Waals surface area contributed by atoms with Crippen molar-refractivity contribution in [1.82, 2.24) is 19.3 Å². The molecule has 2 aromatic heterocycles. The number of rotatable bonds is 2. The highest BCUT2D eigenvalue weighted by Crippen LogP contribution is 2.15. The molecule has 90 valence electrons. The van der Waals surface area contributed by atoms with Gasteiger partial charge in [-0.3, -0.25) is 4.57 Å². The lowest BCUT2D eigenvalue weighted by Crippen LogP contribution is -2.27. The van der Waals surface area contributed by atoms with Crippen LogP contribution in [0.3, 0.4) is 0 Å². The van der Waals surface area contributed by atoms with Crippen molar-refractivity contribution < 1.29 is 0 Å². The van der Waals surface area contributed by atoms with Gasteiger partial charge in [0.25, 0.3) is 0 Å². The molecule has 0 fully saturated rings. The van der Waals surface area contributed by atoms with E-state index in [2.05, 4.69) is 10.1 Å². The van der Waals surface area contributed by atoms with Gasteiger partial charge in [-0.25, -0.2) is 14.5 Å². The molecule has 3 heterocycles. The molecule has 0 radical (unpaired) electrons. The number of nitrogens with two attached hydrogens (primary N) is 1. The third kappa shape index (κ3) is 1.86. The average Bonchev–Trinajstić information content (AvgIpc) is 2.86. The smallest absolute Gasteiger partial charge is 0.346 e. The van der Waals surface area contributed by atoms with Crippen molar-refractivity contribution in [2.45, 2.75) is 32.4 Å². The van der Waals surface area contributed by atoms with E-state index in [0.29, 0.717) is 11.7 Å². The molecule has 0 atom stereocenters. The Morgan fingerprint density at radius 2 is 2.35 bits per heavy atom. The van der Waals surface area contributed by atoms with Crippen molar-refractivity contribution in [2.24, 2.45) is 0 Å². The number of anilines is 1. The highest BCUT2D eigenvalue weighted by atomic mass is 32.1. The fraction of sp³-hybridized carbons (Fsp3) is 0.500. The Kier molecular flexibility index (Phi) is 2.47. The molecule has 2 N–H and O–H groups in total. The van der Waals surface area contributed by atoms with E-state index in [-0.39, 0.29) is 5.69 Å². The molecule has 17 heavy (non-hydrogen) atoms. The van der Waals surface area contributed by atoms with Gasteiger partial charge >= 0.3 is 5.69 Å². The summed E-state index contributed by atoms with van der Waals surface area (Å²) in [6, 6.07) is 0. The van der Waals surface area contributed by atoms with Crippen molar-refractivity contribution in [2.75, 3.05) is 5.73 Å². The van der Waals surface area contributed by atoms with Crippen LogP contribution in [0, 0.1) is 0 Å². The maximum Gasteiger partial charge on any atom is 0.346 e. The summed E-state index contributed by atoms with van der Waals surface area (Å²) in [5.74, 6) is 0.902. The molecule has 7 heteroatoms. The number of fused-ring (bicyclic) bond motifs is 1. The quantitative estimate of drug-likeness (QED) is 0.841. The second-order valence-corrected chi connectivity index (χ2v) is 5.28. The number of nitrogen functional groups attached to an aromatic ring is 1. The first-order valence-electron chi connectivity index (χ1n) is 5.61. The predicted molar refractivity (Wildman–Crippen MR) is 65.1 cm³/mol. The van der Waals surface area contributed by atoms with Crippen molar-refractivity contribution in [1.29, 1.82) is 0 Å². The van der Waals surface area contributed by atoms with Crippen LogP contribution >= 0.6 is 11.3 Å². The second-order valence-electron chi connectivity index (χ2n) is 4.13. The third-order valence-corrected chi connectivity index (χ3v) is 3.72. The molecule has 1 aliphatic heterocycles. The molecule has 0 saturated heterocycles. The van der Waals surface area contributed by atoms with Crippen LogP contribution in [-0.4, -0.2) is 19.3 Å². The van der Waals surface area contributed by atoms with Gasteiger partial charge in [0.05, 0.1) is 6.54 Å². The number of hydrogen-bond donors (Lipinski definition) is 1. The van der Waals surface area contributed by atoms with Crippen LogP contribution in [0.1, 0.15) is 23.5 Å². The second kappa shape index (κ2) is 3.99. The molecule has 0 aliphatic carbocycles. The van der Waals surface area contributed by atoms with E-state index in [0.717, 1.165) is 36.5 Å². The zero-order chi connectivity index (χ0) is 11.8. The fourth-order valence-electron chi connectivity index (χ4n) is 2.09. The molecule has 0 spiro atoms. The molecule has 2 aromatic rings. The largest absolute Gasteiger partial charge is 0.375 e. The summed E-state index contributed by atoms with van der Waals surface area (Å²) in [5.41, 5.74) is 5.54. The van der Waals surface area contributed by atoms with Gasteiger partial charge in [-0.2, -0.15) is 5.10 Å². The van der Waals surface area contributed by atoms with Gasteiger partial charge in [0.1, 0.15) is 5.82 Å². The van der Waals surface area contributed by atoms with Crippen molar-refractivity contribution >= 4 is 16.5 Å². The van der Waals surface area contributed by atoms with Gasteiger partial charge in [0.15, 0.2) is 5.13 Å². The van der Waals surface area contributed by atoms with Crippen LogP contribution in [0.25, 0.3) is 0 Å². The molecular formula is C10H13N5OS. The Bertz CT molecular complexity index is 596. The topological polar surface area (TPSA) is 78.7 Å². The fourth-order valence-corrected chi connectivity index (χ4v) is 2.76. The molecule has 0 amide bonds. The summed E-state index contributed by atoms with van der Waals surface area (Å²) in [6.07, 6.45) is 4.77. The number of nitrogens with zero attached hydrogens (tertiary/aromatic N) is 4. The summed E-state index contributed by atoms with van der Waals surface area (Å²) in [6.45, 7) is 1.26. The van der Waals surface area contributed by atoms with E-state index in [4.69, 9.17) is 5.73 Å². The molecule has 0 aromatic carbocycles. The van der Waals surface area contributed by atoms with Crippen LogP contribution in [0.4, 0.5) is 5.13 Å². The van der Waals surface area contributed by atoms with Crippen molar-refractivity contribution in [3.63, 3.8) is 0 Å². The van der Waals surface area contributed by atoms with E-state index in [1.165, 1.54) is 16.0 Å². The van der Waals surface area contributed by atoms with Crippen LogP contribution in [0.15, 0.2) is 11.0 Å². The van der Waals surface area contributed by atoms with Crippen molar-refractivity contribution in [3.05, 3.63) is 27.4 Å². The molecule has 3 rings (SSSR count). The van der Waals surface area contributed by atoms with Crippen LogP contribution < -0.4 is 11.4 Å². The average molecular weight is 251 g/mol. The zero-order valence-electron chi connectivity index (χ0n) is 9.30. The molecule has 1 aliphatic rings. The van der Waals surface area contributed by atoms with E-state index in [1.807, 2.05) is 0 Å². The van der Waals surface area contributed by atoms with E-state index < -0.39 is 0 Å². The molecule has 6 nitrogen and oxygen atoms in total. The highest BCUT2D eigenvalue weighted by molar-refractivity contribution is 7.15. The lowest BCUT2D eigenvalue weighted by molar-refractivity contribution is 0.511. The maximum atomic E-state index is 12.0. The number of thiazole rings is 1. The minimum Gasteiger partial charge on any atom is -0.375 e. The van der Waals surface area contributed by atoms with Gasteiger partial charge in [0.2, 0.25) is 0 Å². The van der Waals surface area contributed by atoms with Gasteiger partial charge in [-0.15, -0.1) is 11.3 Å². The van der Waals surface area contributed by atoms with Gasteiger partial charge in [-0.1, -0.05) is 0 Å². The van der Waals surface area contributed by atoms with Gasteiger partial charge < -0.3 is 5.73 Å². The first-order chi connectivity index (χ1) is 8.24. The Balaban J connectivity index is 1.93. The minimum absolute atomic E-state index is 0.0216. The first kappa shape index (κ1) is 10.5. The lowest BCUT2D eigenvalue weighted by Gasteiger charge is -2.09.